The Balaban J connectivity index is 1.74. The molecule has 0 spiro atoms. The van der Waals surface area contributed by atoms with Crippen LogP contribution >= 0.6 is 12.6 Å². The van der Waals surface area contributed by atoms with Crippen molar-refractivity contribution in [2.24, 2.45) is 17.6 Å². The summed E-state index contributed by atoms with van der Waals surface area (Å²) in [5.41, 5.74) is 9.05. The van der Waals surface area contributed by atoms with Gasteiger partial charge in [0.25, 0.3) is 0 Å². The summed E-state index contributed by atoms with van der Waals surface area (Å²) >= 11 is 4.09. The van der Waals surface area contributed by atoms with Gasteiger partial charge in [0, 0.05) is 5.70 Å². The molecule has 1 aliphatic carbocycles. The maximum absolute atomic E-state index is 5.84. The van der Waals surface area contributed by atoms with Crippen molar-refractivity contribution < 1.29 is 0 Å². The molecule has 1 fully saturated rings. The molecule has 20 heavy (non-hydrogen) atoms. The highest BCUT2D eigenvalue weighted by molar-refractivity contribution is 7.83. The second-order valence-corrected chi connectivity index (χ2v) is 6.56. The fraction of sp³-hybridized carbons (Fsp3) is 0.556. The minimum atomic E-state index is 0.733. The zero-order chi connectivity index (χ0) is 14.4. The topological polar surface area (TPSA) is 26.0 Å². The van der Waals surface area contributed by atoms with Crippen LogP contribution in [-0.4, -0.2) is 0 Å². The van der Waals surface area contributed by atoms with Gasteiger partial charge >= 0.3 is 0 Å². The molecule has 0 bridgehead atoms. The number of rotatable bonds is 5. The van der Waals surface area contributed by atoms with Gasteiger partial charge in [-0.1, -0.05) is 63.3 Å². The fourth-order valence-corrected chi connectivity index (χ4v) is 3.30. The van der Waals surface area contributed by atoms with Crippen molar-refractivity contribution in [2.45, 2.75) is 51.9 Å². The smallest absolute Gasteiger partial charge is 0.0449 e. The van der Waals surface area contributed by atoms with Gasteiger partial charge in [0.05, 0.1) is 0 Å². The van der Waals surface area contributed by atoms with Gasteiger partial charge in [-0.3, -0.25) is 0 Å². The van der Waals surface area contributed by atoms with Crippen LogP contribution < -0.4 is 5.73 Å². The normalized spacial score (nSPS) is 23.8. The summed E-state index contributed by atoms with van der Waals surface area (Å²) < 4.78 is 0. The first-order chi connectivity index (χ1) is 9.69. The Kier molecular flexibility index (Phi) is 6.03. The van der Waals surface area contributed by atoms with Crippen LogP contribution in [0.25, 0.3) is 5.70 Å². The van der Waals surface area contributed by atoms with Crippen LogP contribution in [0.4, 0.5) is 0 Å². The SMILES string of the molecule is CC1CCC(CCCc2ccc(/C(N)=C/S)cc2)CC1. The first-order valence-electron chi connectivity index (χ1n) is 7.88. The highest BCUT2D eigenvalue weighted by atomic mass is 32.1. The van der Waals surface area contributed by atoms with Gasteiger partial charge in [-0.15, -0.1) is 12.6 Å². The first-order valence-corrected chi connectivity index (χ1v) is 8.40. The zero-order valence-corrected chi connectivity index (χ0v) is 13.4. The Morgan fingerprint density at radius 2 is 1.85 bits per heavy atom. The molecule has 0 amide bonds. The highest BCUT2D eigenvalue weighted by Crippen LogP contribution is 2.31. The van der Waals surface area contributed by atoms with Crippen molar-refractivity contribution >= 4 is 18.3 Å². The number of benzene rings is 1. The van der Waals surface area contributed by atoms with Gasteiger partial charge in [-0.05, 0) is 41.2 Å². The van der Waals surface area contributed by atoms with Gasteiger partial charge in [0.1, 0.15) is 0 Å². The van der Waals surface area contributed by atoms with Gasteiger partial charge in [0.2, 0.25) is 0 Å². The quantitative estimate of drug-likeness (QED) is 0.731. The molecule has 0 heterocycles. The van der Waals surface area contributed by atoms with E-state index in [4.69, 9.17) is 5.73 Å². The molecular formula is C18H27NS. The van der Waals surface area contributed by atoms with Crippen LogP contribution in [0.3, 0.4) is 0 Å². The molecule has 1 aromatic rings. The molecule has 110 valence electrons. The summed E-state index contributed by atoms with van der Waals surface area (Å²) in [6.45, 7) is 2.39. The number of hydrogen-bond acceptors (Lipinski definition) is 2. The summed E-state index contributed by atoms with van der Waals surface area (Å²) in [4.78, 5) is 0. The molecule has 0 radical (unpaired) electrons. The summed E-state index contributed by atoms with van der Waals surface area (Å²) in [6.07, 6.45) is 9.68. The predicted molar refractivity (Wildman–Crippen MR) is 91.7 cm³/mol. The second-order valence-electron chi connectivity index (χ2n) is 6.30. The Morgan fingerprint density at radius 1 is 1.20 bits per heavy atom. The lowest BCUT2D eigenvalue weighted by molar-refractivity contribution is 0.274. The molecule has 2 rings (SSSR count). The van der Waals surface area contributed by atoms with Crippen molar-refractivity contribution in [1.29, 1.82) is 0 Å². The third kappa shape index (κ3) is 4.59. The molecular weight excluding hydrogens is 262 g/mol. The van der Waals surface area contributed by atoms with Crippen molar-refractivity contribution in [1.82, 2.24) is 0 Å². The van der Waals surface area contributed by atoms with Gasteiger partial charge < -0.3 is 5.73 Å². The van der Waals surface area contributed by atoms with E-state index in [1.165, 1.54) is 50.5 Å². The van der Waals surface area contributed by atoms with Crippen LogP contribution in [0.1, 0.15) is 56.6 Å². The van der Waals surface area contributed by atoms with E-state index in [9.17, 15) is 0 Å². The number of thiol groups is 1. The third-order valence-electron chi connectivity index (χ3n) is 4.64. The second kappa shape index (κ2) is 7.78. The van der Waals surface area contributed by atoms with Gasteiger partial charge in [-0.25, -0.2) is 0 Å². The summed E-state index contributed by atoms with van der Waals surface area (Å²) in [7, 11) is 0. The van der Waals surface area contributed by atoms with Crippen LogP contribution in [0.5, 0.6) is 0 Å². The van der Waals surface area contributed by atoms with Crippen LogP contribution in [0, 0.1) is 11.8 Å². The third-order valence-corrected chi connectivity index (χ3v) is 4.92. The highest BCUT2D eigenvalue weighted by Gasteiger charge is 2.17. The molecule has 1 saturated carbocycles. The van der Waals surface area contributed by atoms with E-state index >= 15 is 0 Å². The molecule has 0 aromatic heterocycles. The molecule has 0 aliphatic heterocycles. The number of hydrogen-bond donors (Lipinski definition) is 2. The lowest BCUT2D eigenvalue weighted by Gasteiger charge is -2.26. The van der Waals surface area contributed by atoms with Crippen LogP contribution in [-0.2, 0) is 6.42 Å². The lowest BCUT2D eigenvalue weighted by Crippen LogP contribution is -2.12. The van der Waals surface area contributed by atoms with E-state index in [0.29, 0.717) is 0 Å². The Labute approximate surface area is 129 Å². The zero-order valence-electron chi connectivity index (χ0n) is 12.5. The summed E-state index contributed by atoms with van der Waals surface area (Å²) in [5.74, 6) is 1.94. The van der Waals surface area contributed by atoms with E-state index < -0.39 is 0 Å². The first kappa shape index (κ1) is 15.5. The molecule has 2 heteroatoms. The van der Waals surface area contributed by atoms with E-state index in [0.717, 1.165) is 23.1 Å². The molecule has 0 unspecified atom stereocenters. The number of aryl methyl sites for hydroxylation is 1. The van der Waals surface area contributed by atoms with Gasteiger partial charge in [0.15, 0.2) is 0 Å². The van der Waals surface area contributed by atoms with Crippen LogP contribution in [0.2, 0.25) is 0 Å². The summed E-state index contributed by atoms with van der Waals surface area (Å²) in [6, 6.07) is 8.59. The Hall–Kier alpha value is -0.890. The van der Waals surface area contributed by atoms with Crippen molar-refractivity contribution in [3.63, 3.8) is 0 Å². The molecule has 0 atom stereocenters. The standard InChI is InChI=1S/C18H27NS/c1-14-5-7-15(8-6-14)3-2-4-16-9-11-17(12-10-16)18(19)13-20/h9-15,20H,2-8,19H2,1H3/b18-13-. The minimum absolute atomic E-state index is 0.733. The van der Waals surface area contributed by atoms with Gasteiger partial charge in [-0.2, -0.15) is 0 Å². The maximum Gasteiger partial charge on any atom is 0.0449 e. The maximum atomic E-state index is 5.84. The van der Waals surface area contributed by atoms with Crippen molar-refractivity contribution in [3.8, 4) is 0 Å². The Morgan fingerprint density at radius 3 is 2.45 bits per heavy atom. The van der Waals surface area contributed by atoms with Crippen molar-refractivity contribution in [2.75, 3.05) is 0 Å². The average Bonchev–Trinajstić information content (AvgIpc) is 2.49. The van der Waals surface area contributed by atoms with Crippen molar-refractivity contribution in [3.05, 3.63) is 40.8 Å². The largest absolute Gasteiger partial charge is 0.398 e. The van der Waals surface area contributed by atoms with E-state index in [-0.39, 0.29) is 0 Å². The van der Waals surface area contributed by atoms with E-state index in [1.54, 1.807) is 5.41 Å². The molecule has 0 saturated heterocycles. The van der Waals surface area contributed by atoms with Crippen LogP contribution in [0.15, 0.2) is 29.7 Å². The number of nitrogens with two attached hydrogens (primary N) is 1. The predicted octanol–water partition coefficient (Wildman–Crippen LogP) is 5.02. The Bertz CT molecular complexity index is 427. The fourth-order valence-electron chi connectivity index (χ4n) is 3.15. The summed E-state index contributed by atoms with van der Waals surface area (Å²) in [5, 5.41) is 1.65. The molecule has 1 nitrogen and oxygen atoms in total. The molecule has 1 aromatic carbocycles. The lowest BCUT2D eigenvalue weighted by atomic mass is 9.80. The monoisotopic (exact) mass is 289 g/mol. The molecule has 2 N–H and O–H groups in total. The van der Waals surface area contributed by atoms with E-state index in [1.807, 2.05) is 0 Å². The average molecular weight is 289 g/mol. The molecule has 1 aliphatic rings. The van der Waals surface area contributed by atoms with E-state index in [2.05, 4.69) is 43.8 Å². The minimum Gasteiger partial charge on any atom is -0.398 e.